The molecule has 0 atom stereocenters. The van der Waals surface area contributed by atoms with Gasteiger partial charge in [0, 0.05) is 0 Å². The van der Waals surface area contributed by atoms with Crippen LogP contribution in [0, 0.1) is 13.8 Å². The van der Waals surface area contributed by atoms with Crippen molar-refractivity contribution >= 4 is 33.7 Å². The molecule has 0 nitrogen and oxygen atoms in total. The van der Waals surface area contributed by atoms with Gasteiger partial charge in [0.15, 0.2) is 0 Å². The Labute approximate surface area is 328 Å². The van der Waals surface area contributed by atoms with Gasteiger partial charge in [0.25, 0.3) is 0 Å². The third kappa shape index (κ3) is 5.06. The molecule has 11 rings (SSSR count). The molecule has 9 aromatic carbocycles. The molecule has 0 aliphatic heterocycles. The molecule has 0 amide bonds. The lowest BCUT2D eigenvalue weighted by Crippen LogP contribution is -2.32. The second-order valence-electron chi connectivity index (χ2n) is 15.6. The van der Waals surface area contributed by atoms with Crippen LogP contribution in [-0.2, 0) is 0 Å². The Balaban J connectivity index is 1.08. The highest BCUT2D eigenvalue weighted by Crippen LogP contribution is 2.54. The maximum atomic E-state index is 2.49. The van der Waals surface area contributed by atoms with Crippen molar-refractivity contribution in [1.82, 2.24) is 0 Å². The lowest BCUT2D eigenvalue weighted by atomic mass is 9.83. The van der Waals surface area contributed by atoms with Gasteiger partial charge in [-0.3, -0.25) is 0 Å². The van der Waals surface area contributed by atoms with Crippen molar-refractivity contribution in [3.05, 3.63) is 191 Å². The molecule has 0 radical (unpaired) electrons. The van der Waals surface area contributed by atoms with Crippen LogP contribution < -0.4 is 10.4 Å². The molecule has 9 aromatic rings. The fraction of sp³-hybridized carbons (Fsp3) is 0.0714. The first kappa shape index (κ1) is 32.7. The monoisotopic (exact) mass is 712 g/mol. The first-order valence-corrected chi connectivity index (χ1v) is 19.9. The summed E-state index contributed by atoms with van der Waals surface area (Å²) in [4.78, 5) is 0. The average molecular weight is 713 g/mol. The van der Waals surface area contributed by atoms with Gasteiger partial charge in [0.05, 0.1) is 0 Å². The zero-order valence-corrected chi connectivity index (χ0v) is 31.7. The summed E-state index contributed by atoms with van der Waals surface area (Å²) in [5.74, 6) is 0. The second kappa shape index (κ2) is 12.9. The van der Waals surface area contributed by atoms with Gasteiger partial charge in [0.1, 0.15) is 0 Å². The normalized spacial score (nSPS) is 12.6. The van der Waals surface area contributed by atoms with E-state index in [1.54, 1.807) is 0 Å². The summed E-state index contributed by atoms with van der Waals surface area (Å²) >= 11 is 0. The highest BCUT2D eigenvalue weighted by atomic mass is 14.3. The molecule has 2 aliphatic rings. The molecule has 0 heterocycles. The molecule has 0 saturated heterocycles. The van der Waals surface area contributed by atoms with Crippen LogP contribution >= 0.6 is 0 Å². The summed E-state index contributed by atoms with van der Waals surface area (Å²) < 4.78 is 0. The van der Waals surface area contributed by atoms with Gasteiger partial charge < -0.3 is 0 Å². The Morgan fingerprint density at radius 1 is 0.321 bits per heavy atom. The summed E-state index contributed by atoms with van der Waals surface area (Å²) in [6, 6.07) is 63.4. The van der Waals surface area contributed by atoms with E-state index in [1.165, 1.54) is 121 Å². The molecule has 0 fully saturated rings. The summed E-state index contributed by atoms with van der Waals surface area (Å²) in [5.41, 5.74) is 20.9. The van der Waals surface area contributed by atoms with Crippen LogP contribution in [0.4, 0.5) is 0 Å². The minimum atomic E-state index is 1.06. The van der Waals surface area contributed by atoms with E-state index in [0.717, 1.165) is 12.8 Å². The van der Waals surface area contributed by atoms with E-state index in [1.807, 2.05) is 0 Å². The fourth-order valence-electron chi connectivity index (χ4n) is 9.65. The average Bonchev–Trinajstić information content (AvgIpc) is 3.58. The lowest BCUT2D eigenvalue weighted by molar-refractivity contribution is 1.12. The van der Waals surface area contributed by atoms with Crippen LogP contribution in [0.1, 0.15) is 24.0 Å². The van der Waals surface area contributed by atoms with Crippen LogP contribution in [0.15, 0.2) is 170 Å². The molecule has 0 spiro atoms. The van der Waals surface area contributed by atoms with Gasteiger partial charge >= 0.3 is 0 Å². The van der Waals surface area contributed by atoms with Crippen molar-refractivity contribution in [2.24, 2.45) is 0 Å². The topological polar surface area (TPSA) is 0 Å². The first-order chi connectivity index (χ1) is 27.6. The smallest absolute Gasteiger partial charge is 0.000753 e. The Bertz CT molecular complexity index is 3090. The summed E-state index contributed by atoms with van der Waals surface area (Å²) in [5, 5.41) is 7.91. The Kier molecular flexibility index (Phi) is 7.54. The molecular weight excluding hydrogens is 673 g/mol. The number of rotatable bonds is 5. The van der Waals surface area contributed by atoms with Crippen LogP contribution in [0.2, 0.25) is 0 Å². The molecule has 264 valence electrons. The van der Waals surface area contributed by atoms with E-state index in [-0.39, 0.29) is 0 Å². The third-order valence-electron chi connectivity index (χ3n) is 12.3. The van der Waals surface area contributed by atoms with E-state index < -0.39 is 0 Å². The van der Waals surface area contributed by atoms with Gasteiger partial charge in [-0.1, -0.05) is 164 Å². The van der Waals surface area contributed by atoms with E-state index in [9.17, 15) is 0 Å². The van der Waals surface area contributed by atoms with Gasteiger partial charge in [-0.25, -0.2) is 0 Å². The molecular formula is C56H40. The van der Waals surface area contributed by atoms with Gasteiger partial charge in [0.2, 0.25) is 0 Å². The number of hydrogen-bond donors (Lipinski definition) is 0. The number of hydrogen-bond acceptors (Lipinski definition) is 0. The maximum absolute atomic E-state index is 2.49. The molecule has 0 N–H and O–H groups in total. The molecule has 0 unspecified atom stereocenters. The molecule has 0 saturated carbocycles. The van der Waals surface area contributed by atoms with Crippen LogP contribution in [0.3, 0.4) is 0 Å². The molecule has 0 bridgehead atoms. The molecule has 2 aliphatic carbocycles. The van der Waals surface area contributed by atoms with Crippen molar-refractivity contribution in [2.45, 2.75) is 26.7 Å². The predicted octanol–water partition coefficient (Wildman–Crippen LogP) is 13.9. The Hall–Kier alpha value is -6.76. The molecule has 0 heteroatoms. The van der Waals surface area contributed by atoms with E-state index >= 15 is 0 Å². The quantitative estimate of drug-likeness (QED) is 0.167. The SMILES string of the molecule is Cc1ccccc1-c1cc(-c2ccc3cc(-c4ccc5c6c(cccc46)-c4c-5c(-c5ccccc5)c5c(c4-c4ccccc4)=CCCC=5)ccc3c2)ccc1C. The van der Waals surface area contributed by atoms with E-state index in [0.29, 0.717) is 0 Å². The largest absolute Gasteiger partial charge is 0.0757 e. The van der Waals surface area contributed by atoms with Crippen LogP contribution in [0.5, 0.6) is 0 Å². The Morgan fingerprint density at radius 2 is 0.839 bits per heavy atom. The predicted molar refractivity (Wildman–Crippen MR) is 240 cm³/mol. The molecule has 0 aromatic heterocycles. The van der Waals surface area contributed by atoms with Gasteiger partial charge in [-0.05, 0) is 166 Å². The highest BCUT2D eigenvalue weighted by Gasteiger charge is 2.30. The van der Waals surface area contributed by atoms with Crippen molar-refractivity contribution in [3.8, 4) is 77.9 Å². The zero-order chi connectivity index (χ0) is 37.3. The molecule has 56 heavy (non-hydrogen) atoms. The first-order valence-electron chi connectivity index (χ1n) is 19.9. The second-order valence-corrected chi connectivity index (χ2v) is 15.6. The van der Waals surface area contributed by atoms with Crippen LogP contribution in [-0.4, -0.2) is 0 Å². The Morgan fingerprint density at radius 3 is 1.52 bits per heavy atom. The van der Waals surface area contributed by atoms with Crippen molar-refractivity contribution in [3.63, 3.8) is 0 Å². The third-order valence-corrected chi connectivity index (χ3v) is 12.3. The maximum Gasteiger partial charge on any atom is -0.000753 e. The minimum absolute atomic E-state index is 1.06. The van der Waals surface area contributed by atoms with Crippen LogP contribution in [0.25, 0.3) is 112 Å². The number of benzene rings is 9. The number of fused-ring (bicyclic) bond motifs is 5. The van der Waals surface area contributed by atoms with Crippen molar-refractivity contribution < 1.29 is 0 Å². The van der Waals surface area contributed by atoms with Crippen molar-refractivity contribution in [1.29, 1.82) is 0 Å². The van der Waals surface area contributed by atoms with E-state index in [2.05, 4.69) is 196 Å². The van der Waals surface area contributed by atoms with Crippen molar-refractivity contribution in [2.75, 3.05) is 0 Å². The standard InChI is InChI=1S/C56H40/c1-35-14-9-10-19-44(35)51-34-42(25-24-36(51)2)40-26-27-41-33-43(29-28-39(41)32-40)45-30-31-50-54-46(45)22-13-23-49(54)55-52(37-15-5-3-6-16-37)47-20-11-12-21-48(47)53(56(50)55)38-17-7-4-8-18-38/h3-10,13-34H,11-12H2,1-2H3. The lowest BCUT2D eigenvalue weighted by Gasteiger charge is -2.20. The summed E-state index contributed by atoms with van der Waals surface area (Å²) in [6.07, 6.45) is 7.09. The number of aryl methyl sites for hydroxylation is 2. The highest BCUT2D eigenvalue weighted by molar-refractivity contribution is 6.23. The minimum Gasteiger partial charge on any atom is -0.0757 e. The van der Waals surface area contributed by atoms with Gasteiger partial charge in [-0.15, -0.1) is 0 Å². The summed E-state index contributed by atoms with van der Waals surface area (Å²) in [7, 11) is 0. The van der Waals surface area contributed by atoms with Gasteiger partial charge in [-0.2, -0.15) is 0 Å². The summed E-state index contributed by atoms with van der Waals surface area (Å²) in [6.45, 7) is 4.41. The van der Waals surface area contributed by atoms with E-state index in [4.69, 9.17) is 0 Å². The fourth-order valence-corrected chi connectivity index (χ4v) is 9.65. The zero-order valence-electron chi connectivity index (χ0n) is 31.7.